The normalized spacial score (nSPS) is 10.7. The monoisotopic (exact) mass is 369 g/mol. The van der Waals surface area contributed by atoms with Gasteiger partial charge in [0.05, 0.1) is 7.11 Å². The van der Waals surface area contributed by atoms with Crippen molar-refractivity contribution in [3.05, 3.63) is 65.5 Å². The van der Waals surface area contributed by atoms with Gasteiger partial charge in [-0.1, -0.05) is 42.1 Å². The zero-order valence-corrected chi connectivity index (χ0v) is 16.1. The molecule has 3 rings (SSSR count). The maximum Gasteiger partial charge on any atom is 0.191 e. The third-order valence-electron chi connectivity index (χ3n) is 4.06. The summed E-state index contributed by atoms with van der Waals surface area (Å²) in [5.41, 5.74) is 2.31. The molecule has 1 aromatic heterocycles. The minimum atomic E-state index is 0.408. The second-order valence-corrected chi connectivity index (χ2v) is 6.78. The van der Waals surface area contributed by atoms with Gasteiger partial charge in [0.25, 0.3) is 0 Å². The molecule has 0 N–H and O–H groups in total. The maximum atomic E-state index is 5.92. The Labute approximate surface area is 158 Å². The van der Waals surface area contributed by atoms with Crippen LogP contribution in [0.4, 0.5) is 0 Å². The molecular formula is C20H23N3O2S. The van der Waals surface area contributed by atoms with Gasteiger partial charge in [0, 0.05) is 12.3 Å². The van der Waals surface area contributed by atoms with E-state index >= 15 is 0 Å². The molecular weight excluding hydrogens is 346 g/mol. The van der Waals surface area contributed by atoms with Crippen LogP contribution in [0.2, 0.25) is 0 Å². The molecule has 136 valence electrons. The summed E-state index contributed by atoms with van der Waals surface area (Å²) >= 11 is 1.67. The van der Waals surface area contributed by atoms with E-state index in [4.69, 9.17) is 9.47 Å². The number of thioether (sulfide) groups is 1. The van der Waals surface area contributed by atoms with Crippen LogP contribution in [0.1, 0.15) is 23.9 Å². The van der Waals surface area contributed by atoms with Gasteiger partial charge in [-0.05, 0) is 43.2 Å². The number of nitrogens with zero attached hydrogens (tertiary/aromatic N) is 3. The van der Waals surface area contributed by atoms with Crippen molar-refractivity contribution in [1.82, 2.24) is 14.8 Å². The van der Waals surface area contributed by atoms with Crippen LogP contribution < -0.4 is 9.47 Å². The van der Waals surface area contributed by atoms with Gasteiger partial charge in [0.2, 0.25) is 0 Å². The molecule has 2 aromatic carbocycles. The highest BCUT2D eigenvalue weighted by atomic mass is 32.2. The van der Waals surface area contributed by atoms with Crippen molar-refractivity contribution in [3.63, 3.8) is 0 Å². The summed E-state index contributed by atoms with van der Waals surface area (Å²) in [7, 11) is 1.68. The number of benzene rings is 2. The number of methoxy groups -OCH3 is 1. The van der Waals surface area contributed by atoms with Crippen LogP contribution in [0.3, 0.4) is 0 Å². The van der Waals surface area contributed by atoms with E-state index in [1.807, 2.05) is 49.4 Å². The molecule has 0 amide bonds. The second-order valence-electron chi connectivity index (χ2n) is 5.84. The summed E-state index contributed by atoms with van der Waals surface area (Å²) in [6.45, 7) is 5.34. The Balaban J connectivity index is 1.66. The molecule has 0 atom stereocenters. The maximum absolute atomic E-state index is 5.92. The molecule has 0 saturated carbocycles. The number of hydrogen-bond donors (Lipinski definition) is 0. The standard InChI is InChI=1S/C20H23N3O2S/c1-4-23-19(13-25-18-11-6-5-8-15(18)2)21-22-20(23)26-14-16-9-7-10-17(12-16)24-3/h5-12H,4,13-14H2,1-3H3. The highest BCUT2D eigenvalue weighted by Gasteiger charge is 2.12. The first-order valence-electron chi connectivity index (χ1n) is 8.57. The zero-order valence-electron chi connectivity index (χ0n) is 15.3. The minimum Gasteiger partial charge on any atom is -0.497 e. The van der Waals surface area contributed by atoms with Gasteiger partial charge in [-0.25, -0.2) is 0 Å². The van der Waals surface area contributed by atoms with Crippen molar-refractivity contribution < 1.29 is 9.47 Å². The van der Waals surface area contributed by atoms with E-state index in [1.165, 1.54) is 5.56 Å². The van der Waals surface area contributed by atoms with E-state index in [2.05, 4.69) is 27.8 Å². The van der Waals surface area contributed by atoms with Gasteiger partial charge < -0.3 is 14.0 Å². The topological polar surface area (TPSA) is 49.2 Å². The molecule has 0 radical (unpaired) electrons. The molecule has 0 bridgehead atoms. The first kappa shape index (κ1) is 18.3. The van der Waals surface area contributed by atoms with Crippen molar-refractivity contribution in [3.8, 4) is 11.5 Å². The van der Waals surface area contributed by atoms with Crippen molar-refractivity contribution in [2.24, 2.45) is 0 Å². The fourth-order valence-corrected chi connectivity index (χ4v) is 3.59. The number of aryl methyl sites for hydroxylation is 1. The molecule has 0 spiro atoms. The van der Waals surface area contributed by atoms with Crippen LogP contribution in [0.5, 0.6) is 11.5 Å². The SMILES string of the molecule is CCn1c(COc2ccccc2C)nnc1SCc1cccc(OC)c1. The van der Waals surface area contributed by atoms with Gasteiger partial charge in [-0.2, -0.15) is 0 Å². The number of hydrogen-bond acceptors (Lipinski definition) is 5. The summed E-state index contributed by atoms with van der Waals surface area (Å²) in [4.78, 5) is 0. The Morgan fingerprint density at radius 3 is 2.69 bits per heavy atom. The third-order valence-corrected chi connectivity index (χ3v) is 5.10. The third kappa shape index (κ3) is 4.38. The number of para-hydroxylation sites is 1. The van der Waals surface area contributed by atoms with Gasteiger partial charge in [0.15, 0.2) is 11.0 Å². The Morgan fingerprint density at radius 2 is 1.92 bits per heavy atom. The Hall–Kier alpha value is -2.47. The lowest BCUT2D eigenvalue weighted by Gasteiger charge is -2.10. The summed E-state index contributed by atoms with van der Waals surface area (Å²) < 4.78 is 13.3. The van der Waals surface area contributed by atoms with E-state index in [9.17, 15) is 0 Å². The largest absolute Gasteiger partial charge is 0.497 e. The quantitative estimate of drug-likeness (QED) is 0.548. The Morgan fingerprint density at radius 1 is 1.08 bits per heavy atom. The highest BCUT2D eigenvalue weighted by molar-refractivity contribution is 7.98. The van der Waals surface area contributed by atoms with Crippen molar-refractivity contribution in [2.45, 2.75) is 37.9 Å². The predicted octanol–water partition coefficient (Wildman–Crippen LogP) is 4.49. The van der Waals surface area contributed by atoms with E-state index < -0.39 is 0 Å². The number of ether oxygens (including phenoxy) is 2. The van der Waals surface area contributed by atoms with Crippen molar-refractivity contribution in [2.75, 3.05) is 7.11 Å². The van der Waals surface area contributed by atoms with Crippen LogP contribution in [0, 0.1) is 6.92 Å². The van der Waals surface area contributed by atoms with Gasteiger partial charge in [-0.3, -0.25) is 0 Å². The van der Waals surface area contributed by atoms with Crippen LogP contribution >= 0.6 is 11.8 Å². The summed E-state index contributed by atoms with van der Waals surface area (Å²) in [5, 5.41) is 9.57. The Bertz CT molecular complexity index is 864. The molecule has 0 saturated heterocycles. The smallest absolute Gasteiger partial charge is 0.191 e. The molecule has 0 aliphatic carbocycles. The van der Waals surface area contributed by atoms with Crippen molar-refractivity contribution in [1.29, 1.82) is 0 Å². The van der Waals surface area contributed by atoms with Crippen molar-refractivity contribution >= 4 is 11.8 Å². The second kappa shape index (κ2) is 8.76. The molecule has 0 aliphatic heterocycles. The molecule has 5 nitrogen and oxygen atoms in total. The number of rotatable bonds is 8. The van der Waals surface area contributed by atoms with E-state index in [0.717, 1.165) is 40.3 Å². The predicted molar refractivity (Wildman–Crippen MR) is 104 cm³/mol. The fraction of sp³-hybridized carbons (Fsp3) is 0.300. The average molecular weight is 369 g/mol. The zero-order chi connectivity index (χ0) is 18.4. The molecule has 26 heavy (non-hydrogen) atoms. The number of aromatic nitrogens is 3. The lowest BCUT2D eigenvalue weighted by atomic mass is 10.2. The lowest BCUT2D eigenvalue weighted by Crippen LogP contribution is -2.07. The van der Waals surface area contributed by atoms with Crippen LogP contribution in [-0.2, 0) is 18.9 Å². The molecule has 0 unspecified atom stereocenters. The minimum absolute atomic E-state index is 0.408. The first-order chi connectivity index (χ1) is 12.7. The molecule has 0 aliphatic rings. The fourth-order valence-electron chi connectivity index (χ4n) is 2.62. The molecule has 6 heteroatoms. The van der Waals surface area contributed by atoms with Crippen LogP contribution in [0.15, 0.2) is 53.7 Å². The van der Waals surface area contributed by atoms with Gasteiger partial charge in [-0.15, -0.1) is 10.2 Å². The first-order valence-corrected chi connectivity index (χ1v) is 9.56. The van der Waals surface area contributed by atoms with E-state index in [0.29, 0.717) is 6.61 Å². The van der Waals surface area contributed by atoms with Crippen LogP contribution in [-0.4, -0.2) is 21.9 Å². The summed E-state index contributed by atoms with van der Waals surface area (Å²) in [5.74, 6) is 3.40. The molecule has 3 aromatic rings. The molecule has 0 fully saturated rings. The summed E-state index contributed by atoms with van der Waals surface area (Å²) in [6.07, 6.45) is 0. The van der Waals surface area contributed by atoms with E-state index in [-0.39, 0.29) is 0 Å². The molecule has 1 heterocycles. The average Bonchev–Trinajstić information content (AvgIpc) is 3.07. The van der Waals surface area contributed by atoms with Gasteiger partial charge >= 0.3 is 0 Å². The van der Waals surface area contributed by atoms with Gasteiger partial charge in [0.1, 0.15) is 18.1 Å². The highest BCUT2D eigenvalue weighted by Crippen LogP contribution is 2.25. The lowest BCUT2D eigenvalue weighted by molar-refractivity contribution is 0.286. The summed E-state index contributed by atoms with van der Waals surface area (Å²) in [6, 6.07) is 16.1. The van der Waals surface area contributed by atoms with Crippen LogP contribution in [0.25, 0.3) is 0 Å². The van der Waals surface area contributed by atoms with E-state index in [1.54, 1.807) is 18.9 Å². The Kier molecular flexibility index (Phi) is 6.17.